The number of hydrogen-bond donors (Lipinski definition) is 1. The third-order valence-corrected chi connectivity index (χ3v) is 3.50. The first-order valence-electron chi connectivity index (χ1n) is 6.89. The predicted molar refractivity (Wildman–Crippen MR) is 78.6 cm³/mol. The van der Waals surface area contributed by atoms with Gasteiger partial charge in [-0.3, -0.25) is 4.79 Å². The molecule has 1 aliphatic rings. The second-order valence-electron chi connectivity index (χ2n) is 4.99. The number of benzene rings is 1. The number of aromatic nitrogens is 2. The first-order valence-corrected chi connectivity index (χ1v) is 6.89. The van der Waals surface area contributed by atoms with Crippen molar-refractivity contribution in [2.75, 3.05) is 24.6 Å². The van der Waals surface area contributed by atoms with Crippen molar-refractivity contribution in [1.82, 2.24) is 10.2 Å². The van der Waals surface area contributed by atoms with Crippen LogP contribution in [0.4, 0.5) is 10.2 Å². The number of nitrogens with zero attached hydrogens (tertiary/aromatic N) is 3. The molecule has 1 aromatic carbocycles. The summed E-state index contributed by atoms with van der Waals surface area (Å²) < 4.78 is 18.2. The second kappa shape index (κ2) is 6.07. The number of morpholine rings is 1. The Morgan fingerprint density at radius 3 is 2.64 bits per heavy atom. The summed E-state index contributed by atoms with van der Waals surface area (Å²) in [4.78, 5) is 13.1. The number of carbonyl (C=O) groups excluding carboxylic acids is 1. The van der Waals surface area contributed by atoms with Crippen molar-refractivity contribution in [3.8, 4) is 11.3 Å². The summed E-state index contributed by atoms with van der Waals surface area (Å²) in [5, 5.41) is 8.32. The largest absolute Gasteiger partial charge is 0.367 e. The first-order chi connectivity index (χ1) is 10.6. The highest BCUT2D eigenvalue weighted by Crippen LogP contribution is 2.20. The quantitative estimate of drug-likeness (QED) is 0.914. The molecule has 1 fully saturated rings. The Bertz CT molecular complexity index is 660. The van der Waals surface area contributed by atoms with Crippen LogP contribution < -0.4 is 10.6 Å². The number of nitrogens with two attached hydrogens (primary N) is 1. The number of ether oxygens (including phenoxy) is 1. The molecule has 2 aromatic rings. The van der Waals surface area contributed by atoms with Gasteiger partial charge in [-0.1, -0.05) is 0 Å². The van der Waals surface area contributed by atoms with Gasteiger partial charge < -0.3 is 15.4 Å². The smallest absolute Gasteiger partial charge is 0.248 e. The van der Waals surface area contributed by atoms with Crippen LogP contribution in [0.25, 0.3) is 11.3 Å². The van der Waals surface area contributed by atoms with Crippen LogP contribution in [0.2, 0.25) is 0 Å². The highest BCUT2D eigenvalue weighted by molar-refractivity contribution is 5.79. The topological polar surface area (TPSA) is 81.3 Å². The highest BCUT2D eigenvalue weighted by Gasteiger charge is 2.25. The van der Waals surface area contributed by atoms with Crippen LogP contribution in [0.3, 0.4) is 0 Å². The fourth-order valence-electron chi connectivity index (χ4n) is 2.30. The maximum Gasteiger partial charge on any atom is 0.248 e. The molecule has 1 atom stereocenters. The molecule has 3 rings (SSSR count). The van der Waals surface area contributed by atoms with E-state index in [-0.39, 0.29) is 5.82 Å². The zero-order chi connectivity index (χ0) is 15.5. The van der Waals surface area contributed by atoms with Crippen LogP contribution >= 0.6 is 0 Å². The van der Waals surface area contributed by atoms with Crippen molar-refractivity contribution in [1.29, 1.82) is 0 Å². The molecule has 7 heteroatoms. The van der Waals surface area contributed by atoms with Crippen molar-refractivity contribution in [3.05, 3.63) is 42.2 Å². The zero-order valence-corrected chi connectivity index (χ0v) is 11.8. The van der Waals surface area contributed by atoms with Crippen molar-refractivity contribution in [3.63, 3.8) is 0 Å². The Morgan fingerprint density at radius 2 is 2.00 bits per heavy atom. The lowest BCUT2D eigenvalue weighted by Gasteiger charge is -2.31. The number of anilines is 1. The summed E-state index contributed by atoms with van der Waals surface area (Å²) in [6.45, 7) is 1.39. The highest BCUT2D eigenvalue weighted by atomic mass is 19.1. The van der Waals surface area contributed by atoms with Gasteiger partial charge in [-0.05, 0) is 36.4 Å². The van der Waals surface area contributed by atoms with Gasteiger partial charge in [0.25, 0.3) is 0 Å². The first kappa shape index (κ1) is 14.4. The Kier molecular flexibility index (Phi) is 3.97. The molecular formula is C15H15FN4O2. The van der Waals surface area contributed by atoms with E-state index in [4.69, 9.17) is 10.5 Å². The fourth-order valence-corrected chi connectivity index (χ4v) is 2.30. The Labute approximate surface area is 126 Å². The van der Waals surface area contributed by atoms with E-state index in [0.717, 1.165) is 5.56 Å². The van der Waals surface area contributed by atoms with Crippen LogP contribution in [0, 0.1) is 5.82 Å². The maximum absolute atomic E-state index is 12.9. The summed E-state index contributed by atoms with van der Waals surface area (Å²) in [6, 6.07) is 9.68. The van der Waals surface area contributed by atoms with Gasteiger partial charge in [-0.25, -0.2) is 4.39 Å². The SMILES string of the molecule is NC(=O)C1CN(c2ccc(-c3ccc(F)cc3)nn2)CCO1. The lowest BCUT2D eigenvalue weighted by Crippen LogP contribution is -2.48. The van der Waals surface area contributed by atoms with E-state index < -0.39 is 12.0 Å². The van der Waals surface area contributed by atoms with Crippen LogP contribution in [-0.4, -0.2) is 41.9 Å². The van der Waals surface area contributed by atoms with Gasteiger partial charge in [0.05, 0.1) is 18.8 Å². The number of halogens is 1. The molecular weight excluding hydrogens is 287 g/mol. The molecule has 0 bridgehead atoms. The minimum atomic E-state index is -0.632. The molecule has 6 nitrogen and oxygen atoms in total. The van der Waals surface area contributed by atoms with Gasteiger partial charge in [0.2, 0.25) is 5.91 Å². The normalized spacial score (nSPS) is 18.2. The Hall–Kier alpha value is -2.54. The fraction of sp³-hybridized carbons (Fsp3) is 0.267. The molecule has 114 valence electrons. The van der Waals surface area contributed by atoms with Crippen molar-refractivity contribution >= 4 is 11.7 Å². The molecule has 1 amide bonds. The minimum Gasteiger partial charge on any atom is -0.367 e. The third kappa shape index (κ3) is 3.04. The molecule has 0 aliphatic carbocycles. The minimum absolute atomic E-state index is 0.292. The molecule has 0 spiro atoms. The summed E-state index contributed by atoms with van der Waals surface area (Å²) in [6.07, 6.45) is -0.632. The van der Waals surface area contributed by atoms with Gasteiger partial charge in [-0.2, -0.15) is 0 Å². The summed E-state index contributed by atoms with van der Waals surface area (Å²) in [5.41, 5.74) is 6.71. The molecule has 1 saturated heterocycles. The third-order valence-electron chi connectivity index (χ3n) is 3.50. The van der Waals surface area contributed by atoms with Gasteiger partial charge in [0.1, 0.15) is 5.82 Å². The molecule has 0 saturated carbocycles. The molecule has 2 N–H and O–H groups in total. The van der Waals surface area contributed by atoms with Crippen molar-refractivity contribution < 1.29 is 13.9 Å². The van der Waals surface area contributed by atoms with Crippen LogP contribution in [0.5, 0.6) is 0 Å². The monoisotopic (exact) mass is 302 g/mol. The van der Waals surface area contributed by atoms with E-state index in [1.165, 1.54) is 12.1 Å². The molecule has 22 heavy (non-hydrogen) atoms. The molecule has 0 radical (unpaired) electrons. The van der Waals surface area contributed by atoms with E-state index in [2.05, 4.69) is 10.2 Å². The average molecular weight is 302 g/mol. The lowest BCUT2D eigenvalue weighted by molar-refractivity contribution is -0.130. The van der Waals surface area contributed by atoms with E-state index in [0.29, 0.717) is 31.2 Å². The zero-order valence-electron chi connectivity index (χ0n) is 11.8. The number of amides is 1. The van der Waals surface area contributed by atoms with Gasteiger partial charge in [0, 0.05) is 12.1 Å². The van der Waals surface area contributed by atoms with Crippen molar-refractivity contribution in [2.45, 2.75) is 6.10 Å². The second-order valence-corrected chi connectivity index (χ2v) is 4.99. The maximum atomic E-state index is 12.9. The number of primary amides is 1. The van der Waals surface area contributed by atoms with Crippen LogP contribution in [0.1, 0.15) is 0 Å². The van der Waals surface area contributed by atoms with E-state index >= 15 is 0 Å². The van der Waals surface area contributed by atoms with Crippen LogP contribution in [0.15, 0.2) is 36.4 Å². The van der Waals surface area contributed by atoms with Gasteiger partial charge >= 0.3 is 0 Å². The molecule has 1 aromatic heterocycles. The summed E-state index contributed by atoms with van der Waals surface area (Å²) in [5.74, 6) is -0.125. The van der Waals surface area contributed by atoms with Gasteiger partial charge in [-0.15, -0.1) is 10.2 Å². The number of carbonyl (C=O) groups is 1. The van der Waals surface area contributed by atoms with E-state index in [1.807, 2.05) is 17.0 Å². The van der Waals surface area contributed by atoms with Crippen LogP contribution in [-0.2, 0) is 9.53 Å². The lowest BCUT2D eigenvalue weighted by atomic mass is 10.1. The average Bonchev–Trinajstić information content (AvgIpc) is 2.56. The molecule has 1 aliphatic heterocycles. The predicted octanol–water partition coefficient (Wildman–Crippen LogP) is 0.973. The van der Waals surface area contributed by atoms with E-state index in [1.54, 1.807) is 12.1 Å². The number of rotatable bonds is 3. The summed E-state index contributed by atoms with van der Waals surface area (Å²) in [7, 11) is 0. The molecule has 2 heterocycles. The van der Waals surface area contributed by atoms with Gasteiger partial charge in [0.15, 0.2) is 11.9 Å². The standard InChI is InChI=1S/C15H15FN4O2/c16-11-3-1-10(2-4-11)12-5-6-14(19-18-12)20-7-8-22-13(9-20)15(17)21/h1-6,13H,7-9H2,(H2,17,21). The summed E-state index contributed by atoms with van der Waals surface area (Å²) >= 11 is 0. The number of hydrogen-bond acceptors (Lipinski definition) is 5. The molecule has 1 unspecified atom stereocenters. The Balaban J connectivity index is 1.76. The van der Waals surface area contributed by atoms with E-state index in [9.17, 15) is 9.18 Å². The Morgan fingerprint density at radius 1 is 1.23 bits per heavy atom. The van der Waals surface area contributed by atoms with Crippen molar-refractivity contribution in [2.24, 2.45) is 5.73 Å².